The van der Waals surface area contributed by atoms with Crippen LogP contribution in [0.1, 0.15) is 42.6 Å². The molecule has 144 valence electrons. The Bertz CT molecular complexity index is 768. The van der Waals surface area contributed by atoms with Crippen LogP contribution in [0.2, 0.25) is 0 Å². The minimum Gasteiger partial charge on any atom is -0.497 e. The molecule has 0 radical (unpaired) electrons. The number of rotatable bonds is 4. The molecule has 2 aliphatic heterocycles. The minimum atomic E-state index is -0.524. The molecule has 2 aromatic rings. The third-order valence-corrected chi connectivity index (χ3v) is 5.87. The second-order valence-corrected chi connectivity index (χ2v) is 7.63. The SMILES string of the molecule is COc1ccc([C@@H](O)CN2CCC3(CC2)C[C@H](O)c2ccccc2O3)cc1. The first-order valence-electron chi connectivity index (χ1n) is 9.59. The van der Waals surface area contributed by atoms with Gasteiger partial charge in [0, 0.05) is 31.6 Å². The van der Waals surface area contributed by atoms with Crippen molar-refractivity contribution in [3.05, 3.63) is 59.7 Å². The second-order valence-electron chi connectivity index (χ2n) is 7.63. The number of hydrogen-bond donors (Lipinski definition) is 2. The summed E-state index contributed by atoms with van der Waals surface area (Å²) in [5.74, 6) is 1.60. The van der Waals surface area contributed by atoms with Crippen molar-refractivity contribution in [2.75, 3.05) is 26.7 Å². The summed E-state index contributed by atoms with van der Waals surface area (Å²) in [6.07, 6.45) is 1.36. The zero-order chi connectivity index (χ0) is 18.9. The van der Waals surface area contributed by atoms with Crippen LogP contribution in [0.15, 0.2) is 48.5 Å². The van der Waals surface area contributed by atoms with Gasteiger partial charge in [0.25, 0.3) is 0 Å². The van der Waals surface area contributed by atoms with Gasteiger partial charge >= 0.3 is 0 Å². The average molecular weight is 369 g/mol. The van der Waals surface area contributed by atoms with Crippen LogP contribution in [0.25, 0.3) is 0 Å². The molecule has 0 aliphatic carbocycles. The molecule has 27 heavy (non-hydrogen) atoms. The highest BCUT2D eigenvalue weighted by molar-refractivity contribution is 5.38. The van der Waals surface area contributed by atoms with Crippen molar-refractivity contribution in [2.24, 2.45) is 0 Å². The largest absolute Gasteiger partial charge is 0.497 e. The van der Waals surface area contributed by atoms with Gasteiger partial charge in [-0.15, -0.1) is 0 Å². The summed E-state index contributed by atoms with van der Waals surface area (Å²) >= 11 is 0. The molecule has 2 N–H and O–H groups in total. The lowest BCUT2D eigenvalue weighted by Crippen LogP contribution is -2.51. The summed E-state index contributed by atoms with van der Waals surface area (Å²) < 4.78 is 11.5. The Balaban J connectivity index is 1.36. The van der Waals surface area contributed by atoms with Crippen molar-refractivity contribution >= 4 is 0 Å². The first-order valence-corrected chi connectivity index (χ1v) is 9.59. The molecular weight excluding hydrogens is 342 g/mol. The molecule has 0 aromatic heterocycles. The fraction of sp³-hybridized carbons (Fsp3) is 0.455. The summed E-state index contributed by atoms with van der Waals surface area (Å²) in [6.45, 7) is 2.30. The van der Waals surface area contributed by atoms with Crippen LogP contribution in [-0.4, -0.2) is 47.5 Å². The van der Waals surface area contributed by atoms with Crippen LogP contribution >= 0.6 is 0 Å². The summed E-state index contributed by atoms with van der Waals surface area (Å²) in [5, 5.41) is 21.1. The first kappa shape index (κ1) is 18.3. The summed E-state index contributed by atoms with van der Waals surface area (Å²) in [5.41, 5.74) is 1.49. The molecule has 1 fully saturated rings. The molecule has 2 atom stereocenters. The van der Waals surface area contributed by atoms with Gasteiger partial charge in [0.2, 0.25) is 0 Å². The molecule has 0 unspecified atom stereocenters. The lowest BCUT2D eigenvalue weighted by molar-refractivity contribution is -0.0587. The van der Waals surface area contributed by atoms with Crippen molar-refractivity contribution in [1.29, 1.82) is 0 Å². The van der Waals surface area contributed by atoms with Gasteiger partial charge in [-0.1, -0.05) is 30.3 Å². The lowest BCUT2D eigenvalue weighted by Gasteiger charge is -2.46. The summed E-state index contributed by atoms with van der Waals surface area (Å²) in [6, 6.07) is 15.3. The molecule has 5 heteroatoms. The summed E-state index contributed by atoms with van der Waals surface area (Å²) in [7, 11) is 1.64. The first-order chi connectivity index (χ1) is 13.1. The number of fused-ring (bicyclic) bond motifs is 1. The van der Waals surface area contributed by atoms with E-state index in [1.54, 1.807) is 7.11 Å². The monoisotopic (exact) mass is 369 g/mol. The van der Waals surface area contributed by atoms with E-state index in [1.165, 1.54) is 0 Å². The Hall–Kier alpha value is -2.08. The number of aliphatic hydroxyl groups is 2. The maximum absolute atomic E-state index is 10.6. The quantitative estimate of drug-likeness (QED) is 0.867. The molecule has 2 aliphatic rings. The Kier molecular flexibility index (Phi) is 5.08. The number of likely N-dealkylation sites (tertiary alicyclic amines) is 1. The topological polar surface area (TPSA) is 62.2 Å². The van der Waals surface area contributed by atoms with E-state index in [-0.39, 0.29) is 5.60 Å². The Labute approximate surface area is 160 Å². The van der Waals surface area contributed by atoms with E-state index < -0.39 is 12.2 Å². The van der Waals surface area contributed by atoms with E-state index >= 15 is 0 Å². The molecule has 0 amide bonds. The molecule has 0 saturated carbocycles. The number of β-amino-alcohol motifs (C(OH)–C–C–N with tert-alkyl or cyclic N) is 1. The zero-order valence-corrected chi connectivity index (χ0v) is 15.7. The van der Waals surface area contributed by atoms with Crippen molar-refractivity contribution in [3.8, 4) is 11.5 Å². The predicted octanol–water partition coefficient (Wildman–Crippen LogP) is 3.08. The van der Waals surface area contributed by atoms with Crippen molar-refractivity contribution in [1.82, 2.24) is 4.90 Å². The number of para-hydroxylation sites is 1. The third kappa shape index (κ3) is 3.81. The van der Waals surface area contributed by atoms with E-state index in [1.807, 2.05) is 48.5 Å². The molecule has 4 rings (SSSR count). The molecule has 5 nitrogen and oxygen atoms in total. The number of methoxy groups -OCH3 is 1. The lowest BCUT2D eigenvalue weighted by atomic mass is 9.81. The van der Waals surface area contributed by atoms with Crippen LogP contribution in [0.3, 0.4) is 0 Å². The highest BCUT2D eigenvalue weighted by Gasteiger charge is 2.42. The van der Waals surface area contributed by atoms with Gasteiger partial charge in [-0.3, -0.25) is 0 Å². The normalized spacial score (nSPS) is 22.7. The number of ether oxygens (including phenoxy) is 2. The summed E-state index contributed by atoms with van der Waals surface area (Å²) in [4.78, 5) is 2.27. The number of aliphatic hydroxyl groups excluding tert-OH is 2. The van der Waals surface area contributed by atoms with Crippen LogP contribution in [-0.2, 0) is 0 Å². The van der Waals surface area contributed by atoms with Gasteiger partial charge in [0.05, 0.1) is 19.3 Å². The average Bonchev–Trinajstić information content (AvgIpc) is 2.70. The Morgan fingerprint density at radius 3 is 2.56 bits per heavy atom. The second kappa shape index (κ2) is 7.50. The van der Waals surface area contributed by atoms with Gasteiger partial charge in [-0.05, 0) is 36.6 Å². The highest BCUT2D eigenvalue weighted by Crippen LogP contribution is 2.44. The smallest absolute Gasteiger partial charge is 0.125 e. The number of hydrogen-bond acceptors (Lipinski definition) is 5. The van der Waals surface area contributed by atoms with Crippen LogP contribution in [0.5, 0.6) is 11.5 Å². The third-order valence-electron chi connectivity index (χ3n) is 5.87. The van der Waals surface area contributed by atoms with E-state index in [2.05, 4.69) is 4.90 Å². The molecule has 1 spiro atoms. The number of nitrogens with zero attached hydrogens (tertiary/aromatic N) is 1. The molecular formula is C22H27NO4. The fourth-order valence-corrected chi connectivity index (χ4v) is 4.21. The minimum absolute atomic E-state index is 0.296. The molecule has 0 bridgehead atoms. The molecule has 2 heterocycles. The predicted molar refractivity (Wildman–Crippen MR) is 103 cm³/mol. The van der Waals surface area contributed by atoms with Gasteiger partial charge in [-0.25, -0.2) is 0 Å². The number of piperidine rings is 1. The van der Waals surface area contributed by atoms with E-state index in [9.17, 15) is 10.2 Å². The van der Waals surface area contributed by atoms with Crippen molar-refractivity contribution in [2.45, 2.75) is 37.1 Å². The molecule has 1 saturated heterocycles. The standard InChI is InChI=1S/C22H27NO4/c1-26-17-8-6-16(7-9-17)20(25)15-23-12-10-22(11-13-23)14-19(24)18-4-2-3-5-21(18)27-22/h2-9,19-20,24-25H,10-15H2,1H3/t19-,20-/m0/s1. The van der Waals surface area contributed by atoms with Gasteiger partial charge in [0.1, 0.15) is 17.1 Å². The van der Waals surface area contributed by atoms with E-state index in [4.69, 9.17) is 9.47 Å². The van der Waals surface area contributed by atoms with Crippen LogP contribution in [0, 0.1) is 0 Å². The van der Waals surface area contributed by atoms with Crippen LogP contribution < -0.4 is 9.47 Å². The fourth-order valence-electron chi connectivity index (χ4n) is 4.21. The highest BCUT2D eigenvalue weighted by atomic mass is 16.5. The van der Waals surface area contributed by atoms with E-state index in [0.29, 0.717) is 13.0 Å². The maximum atomic E-state index is 10.6. The van der Waals surface area contributed by atoms with Gasteiger partial charge < -0.3 is 24.6 Å². The Morgan fingerprint density at radius 1 is 1.15 bits per heavy atom. The Morgan fingerprint density at radius 2 is 1.85 bits per heavy atom. The maximum Gasteiger partial charge on any atom is 0.125 e. The molecule has 2 aromatic carbocycles. The van der Waals surface area contributed by atoms with Crippen molar-refractivity contribution in [3.63, 3.8) is 0 Å². The number of benzene rings is 2. The van der Waals surface area contributed by atoms with Gasteiger partial charge in [-0.2, -0.15) is 0 Å². The zero-order valence-electron chi connectivity index (χ0n) is 15.7. The van der Waals surface area contributed by atoms with E-state index in [0.717, 1.165) is 48.6 Å². The van der Waals surface area contributed by atoms with Gasteiger partial charge in [0.15, 0.2) is 0 Å². The van der Waals surface area contributed by atoms with Crippen LogP contribution in [0.4, 0.5) is 0 Å². The van der Waals surface area contributed by atoms with Crippen molar-refractivity contribution < 1.29 is 19.7 Å².